The van der Waals surface area contributed by atoms with Crippen molar-refractivity contribution in [1.29, 1.82) is 0 Å². The first kappa shape index (κ1) is 15.2. The summed E-state index contributed by atoms with van der Waals surface area (Å²) in [7, 11) is 0. The van der Waals surface area contributed by atoms with Crippen LogP contribution in [0, 0.1) is 0 Å². The molecule has 19 heavy (non-hydrogen) atoms. The highest BCUT2D eigenvalue weighted by molar-refractivity contribution is 9.10. The van der Waals surface area contributed by atoms with Crippen molar-refractivity contribution in [2.45, 2.75) is 18.9 Å². The second-order valence-electron chi connectivity index (χ2n) is 4.52. The molecule has 2 N–H and O–H groups in total. The van der Waals surface area contributed by atoms with Crippen LogP contribution in [-0.2, 0) is 0 Å². The number of aliphatic hydroxyl groups excluding tert-OH is 1. The van der Waals surface area contributed by atoms with Gasteiger partial charge in [0.25, 0.3) is 0 Å². The molecule has 0 spiro atoms. The van der Waals surface area contributed by atoms with Gasteiger partial charge in [0.1, 0.15) is 5.75 Å². The van der Waals surface area contributed by atoms with E-state index in [-0.39, 0.29) is 0 Å². The fourth-order valence-electron chi connectivity index (χ4n) is 2.15. The first-order valence-corrected chi connectivity index (χ1v) is 8.60. The highest BCUT2D eigenvalue weighted by Gasteiger charge is 2.20. The van der Waals surface area contributed by atoms with Gasteiger partial charge in [0, 0.05) is 41.4 Å². The number of halogens is 1. The first-order chi connectivity index (χ1) is 9.31. The third-order valence-corrected chi connectivity index (χ3v) is 4.66. The molecule has 1 aromatic rings. The molecule has 1 aliphatic rings. The Balaban J connectivity index is 1.80. The maximum atomic E-state index is 8.71. The Hall–Kier alpha value is -0.230. The van der Waals surface area contributed by atoms with Crippen LogP contribution < -0.4 is 10.1 Å². The summed E-state index contributed by atoms with van der Waals surface area (Å²) in [5, 5.41) is 12.3. The monoisotopic (exact) mass is 345 g/mol. The van der Waals surface area contributed by atoms with Gasteiger partial charge in [-0.3, -0.25) is 0 Å². The second-order valence-corrected chi connectivity index (χ2v) is 6.66. The minimum atomic E-state index is 0.293. The van der Waals surface area contributed by atoms with E-state index in [9.17, 15) is 0 Å². The van der Waals surface area contributed by atoms with Gasteiger partial charge < -0.3 is 15.2 Å². The summed E-state index contributed by atoms with van der Waals surface area (Å²) >= 11 is 5.40. The van der Waals surface area contributed by atoms with Gasteiger partial charge in [0.2, 0.25) is 0 Å². The van der Waals surface area contributed by atoms with Crippen molar-refractivity contribution in [3.05, 3.63) is 28.2 Å². The molecular weight excluding hydrogens is 326 g/mol. The van der Waals surface area contributed by atoms with Gasteiger partial charge in [0.05, 0.1) is 6.61 Å². The molecule has 1 heterocycles. The highest BCUT2D eigenvalue weighted by Crippen LogP contribution is 2.33. The van der Waals surface area contributed by atoms with Gasteiger partial charge in [0.15, 0.2) is 0 Å². The lowest BCUT2D eigenvalue weighted by molar-refractivity contribution is 0.254. The van der Waals surface area contributed by atoms with Crippen molar-refractivity contribution >= 4 is 27.7 Å². The summed E-state index contributed by atoms with van der Waals surface area (Å²) in [6.45, 7) is 2.07. The second kappa shape index (κ2) is 8.15. The molecule has 1 unspecified atom stereocenters. The van der Waals surface area contributed by atoms with E-state index in [1.807, 2.05) is 23.9 Å². The Labute approximate surface area is 127 Å². The van der Waals surface area contributed by atoms with E-state index < -0.39 is 0 Å². The fourth-order valence-corrected chi connectivity index (χ4v) is 3.33. The number of thioether (sulfide) groups is 1. The van der Waals surface area contributed by atoms with Gasteiger partial charge >= 0.3 is 0 Å². The molecule has 0 bridgehead atoms. The molecule has 0 saturated carbocycles. The third-order valence-electron chi connectivity index (χ3n) is 3.10. The minimum Gasteiger partial charge on any atom is -0.493 e. The molecule has 1 atom stereocenters. The van der Waals surface area contributed by atoms with Crippen molar-refractivity contribution in [3.63, 3.8) is 0 Å². The zero-order valence-electron chi connectivity index (χ0n) is 10.9. The van der Waals surface area contributed by atoms with Gasteiger partial charge in [-0.15, -0.1) is 0 Å². The average Bonchev–Trinajstić information content (AvgIpc) is 2.43. The lowest BCUT2D eigenvalue weighted by atomic mass is 10.0. The molecule has 0 radical (unpaired) electrons. The summed E-state index contributed by atoms with van der Waals surface area (Å²) < 4.78 is 6.77. The summed E-state index contributed by atoms with van der Waals surface area (Å²) in [4.78, 5) is 0. The Kier molecular flexibility index (Phi) is 6.50. The number of nitrogens with one attached hydrogen (secondary N) is 1. The predicted octanol–water partition coefficient (Wildman–Crippen LogP) is 2.98. The summed E-state index contributed by atoms with van der Waals surface area (Å²) in [6.07, 6.45) is 1.91. The number of hydrogen-bond donors (Lipinski definition) is 2. The minimum absolute atomic E-state index is 0.293. The summed E-state index contributed by atoms with van der Waals surface area (Å²) in [5.74, 6) is 3.12. The zero-order valence-corrected chi connectivity index (χ0v) is 13.3. The van der Waals surface area contributed by atoms with E-state index >= 15 is 0 Å². The SMILES string of the molecule is OCCCSCCNC1CCOc2ccc(Br)cc21. The molecule has 5 heteroatoms. The smallest absolute Gasteiger partial charge is 0.124 e. The molecule has 0 saturated heterocycles. The number of fused-ring (bicyclic) bond motifs is 1. The van der Waals surface area contributed by atoms with E-state index in [4.69, 9.17) is 9.84 Å². The standard InChI is InChI=1S/C14H20BrNO2S/c15-11-2-3-14-12(10-11)13(4-7-18-14)16-5-9-19-8-1-6-17/h2-3,10,13,16-17H,1,4-9H2. The highest BCUT2D eigenvalue weighted by atomic mass is 79.9. The molecule has 2 rings (SSSR count). The maximum absolute atomic E-state index is 8.71. The molecule has 106 valence electrons. The molecule has 0 fully saturated rings. The van der Waals surface area contributed by atoms with E-state index in [1.165, 1.54) is 5.56 Å². The largest absolute Gasteiger partial charge is 0.493 e. The number of ether oxygens (including phenoxy) is 1. The molecule has 0 aromatic heterocycles. The van der Waals surface area contributed by atoms with Gasteiger partial charge in [-0.25, -0.2) is 0 Å². The molecule has 0 amide bonds. The van der Waals surface area contributed by atoms with Gasteiger partial charge in [-0.2, -0.15) is 11.8 Å². The van der Waals surface area contributed by atoms with Gasteiger partial charge in [-0.1, -0.05) is 15.9 Å². The topological polar surface area (TPSA) is 41.5 Å². The van der Waals surface area contributed by atoms with Crippen LogP contribution in [0.25, 0.3) is 0 Å². The van der Waals surface area contributed by atoms with Crippen LogP contribution in [-0.4, -0.2) is 36.4 Å². The van der Waals surface area contributed by atoms with Crippen LogP contribution in [0.15, 0.2) is 22.7 Å². The Bertz CT molecular complexity index is 403. The van der Waals surface area contributed by atoms with Gasteiger partial charge in [-0.05, 0) is 30.4 Å². The normalized spacial score (nSPS) is 17.9. The quantitative estimate of drug-likeness (QED) is 0.745. The average molecular weight is 346 g/mol. The van der Waals surface area contributed by atoms with E-state index in [1.54, 1.807) is 0 Å². The predicted molar refractivity (Wildman–Crippen MR) is 84.0 cm³/mol. The van der Waals surface area contributed by atoms with Crippen LogP contribution in [0.2, 0.25) is 0 Å². The fraction of sp³-hybridized carbons (Fsp3) is 0.571. The Morgan fingerprint density at radius 2 is 2.32 bits per heavy atom. The first-order valence-electron chi connectivity index (χ1n) is 6.65. The van der Waals surface area contributed by atoms with Crippen LogP contribution in [0.3, 0.4) is 0 Å². The van der Waals surface area contributed by atoms with Crippen molar-refractivity contribution < 1.29 is 9.84 Å². The maximum Gasteiger partial charge on any atom is 0.124 e. The Morgan fingerprint density at radius 3 is 3.16 bits per heavy atom. The molecule has 0 aliphatic carbocycles. The van der Waals surface area contributed by atoms with Crippen LogP contribution in [0.1, 0.15) is 24.4 Å². The molecule has 1 aliphatic heterocycles. The zero-order chi connectivity index (χ0) is 13.5. The number of hydrogen-bond acceptors (Lipinski definition) is 4. The molecule has 1 aromatic carbocycles. The van der Waals surface area contributed by atoms with E-state index in [2.05, 4.69) is 27.3 Å². The van der Waals surface area contributed by atoms with Crippen LogP contribution in [0.4, 0.5) is 0 Å². The van der Waals surface area contributed by atoms with Crippen LogP contribution in [0.5, 0.6) is 5.75 Å². The summed E-state index contributed by atoms with van der Waals surface area (Å²) in [6, 6.07) is 6.58. The molecular formula is C14H20BrNO2S. The van der Waals surface area contributed by atoms with E-state index in [0.717, 1.165) is 47.7 Å². The number of rotatable bonds is 7. The summed E-state index contributed by atoms with van der Waals surface area (Å²) in [5.41, 5.74) is 1.25. The van der Waals surface area contributed by atoms with Crippen LogP contribution >= 0.6 is 27.7 Å². The Morgan fingerprint density at radius 1 is 1.42 bits per heavy atom. The van der Waals surface area contributed by atoms with Crippen molar-refractivity contribution in [1.82, 2.24) is 5.32 Å². The third kappa shape index (κ3) is 4.67. The van der Waals surface area contributed by atoms with Crippen molar-refractivity contribution in [2.75, 3.05) is 31.3 Å². The van der Waals surface area contributed by atoms with Crippen molar-refractivity contribution in [3.8, 4) is 5.75 Å². The lowest BCUT2D eigenvalue weighted by Crippen LogP contribution is -2.28. The lowest BCUT2D eigenvalue weighted by Gasteiger charge is -2.27. The van der Waals surface area contributed by atoms with Crippen molar-refractivity contribution in [2.24, 2.45) is 0 Å². The number of benzene rings is 1. The molecule has 3 nitrogen and oxygen atoms in total. The van der Waals surface area contributed by atoms with E-state index in [0.29, 0.717) is 12.6 Å². The number of aliphatic hydroxyl groups is 1.